The van der Waals surface area contributed by atoms with E-state index < -0.39 is 11.9 Å². The molecule has 6 heterocycles. The first-order valence-electron chi connectivity index (χ1n) is 24.9. The molecule has 354 valence electrons. The Kier molecular flexibility index (Phi) is 13.2. The van der Waals surface area contributed by atoms with Gasteiger partial charge in [-0.05, 0) is 130 Å². The maximum Gasteiger partial charge on any atom is 0.255 e. The number of aryl methyl sites for hydroxylation is 1. The molecule has 0 bridgehead atoms. The molecule has 67 heavy (non-hydrogen) atoms. The van der Waals surface area contributed by atoms with Crippen molar-refractivity contribution in [2.45, 2.75) is 123 Å². The third-order valence-corrected chi connectivity index (χ3v) is 15.8. The number of ketones is 1. The number of carbonyl (C=O) groups is 4. The van der Waals surface area contributed by atoms with E-state index >= 15 is 0 Å². The number of piperazine rings is 1. The highest BCUT2D eigenvalue weighted by molar-refractivity contribution is 6.06. The molecule has 10 rings (SSSR count). The molecule has 12 heteroatoms. The van der Waals surface area contributed by atoms with E-state index in [1.54, 1.807) is 17.9 Å². The number of ether oxygens (including phenoxy) is 1. The first-order chi connectivity index (χ1) is 32.3. The Balaban J connectivity index is 0.000000170. The molecule has 3 fully saturated rings. The lowest BCUT2D eigenvalue weighted by Crippen LogP contribution is -2.65. The third kappa shape index (κ3) is 9.06. The lowest BCUT2D eigenvalue weighted by atomic mass is 9.68. The van der Waals surface area contributed by atoms with E-state index in [-0.39, 0.29) is 29.6 Å². The number of nitrogens with zero attached hydrogens (tertiary/aromatic N) is 5. The first kappa shape index (κ1) is 46.4. The van der Waals surface area contributed by atoms with Gasteiger partial charge in [0.15, 0.2) is 0 Å². The van der Waals surface area contributed by atoms with E-state index in [0.29, 0.717) is 54.7 Å². The van der Waals surface area contributed by atoms with Gasteiger partial charge in [0.25, 0.3) is 5.91 Å². The Morgan fingerprint density at radius 1 is 0.970 bits per heavy atom. The number of benzene rings is 3. The van der Waals surface area contributed by atoms with Gasteiger partial charge in [-0.25, -0.2) is 0 Å². The van der Waals surface area contributed by atoms with Gasteiger partial charge in [-0.3, -0.25) is 34.5 Å². The maximum atomic E-state index is 13.1. The van der Waals surface area contributed by atoms with Crippen molar-refractivity contribution >= 4 is 45.8 Å². The smallest absolute Gasteiger partial charge is 0.255 e. The molecular weight excluding hydrogens is 839 g/mol. The van der Waals surface area contributed by atoms with Crippen molar-refractivity contribution in [3.05, 3.63) is 107 Å². The van der Waals surface area contributed by atoms with Crippen LogP contribution in [0.15, 0.2) is 79.0 Å². The maximum absolute atomic E-state index is 13.1. The van der Waals surface area contributed by atoms with Crippen LogP contribution in [0.5, 0.6) is 5.75 Å². The zero-order valence-electron chi connectivity index (χ0n) is 40.3. The lowest BCUT2D eigenvalue weighted by Gasteiger charge is -2.52. The Morgan fingerprint density at radius 2 is 1.73 bits per heavy atom. The minimum atomic E-state index is -0.629. The molecule has 0 radical (unpaired) electrons. The molecule has 12 nitrogen and oxygen atoms in total. The number of carbonyl (C=O) groups excluding carboxylic acids is 4. The number of H-pyrrole nitrogens is 1. The molecule has 3 amide bonds. The SMILES string of the molecule is C=C(/C=C\C)[C@@H]1CCc2c(ccc3[nH]ncc23)[C@@H]1c1ccc(N2CCC(CCC)(CCC)CC2)cc1.CC(=O)CN1CCN2c3cc4c(cc3OC[C@]2(C)C1)C(=O)N(C1CCC(=O)NC1=O)C4. The van der Waals surface area contributed by atoms with Gasteiger partial charge in [-0.15, -0.1) is 0 Å². The average Bonchev–Trinajstić information content (AvgIpc) is 3.92. The summed E-state index contributed by atoms with van der Waals surface area (Å²) in [5.74, 6) is 0.672. The van der Waals surface area contributed by atoms with E-state index in [2.05, 4.69) is 113 Å². The minimum absolute atomic E-state index is 0.152. The second-order valence-corrected chi connectivity index (χ2v) is 20.5. The van der Waals surface area contributed by atoms with Crippen LogP contribution in [0.2, 0.25) is 0 Å². The van der Waals surface area contributed by atoms with Crippen molar-refractivity contribution in [1.82, 2.24) is 25.3 Å². The highest BCUT2D eigenvalue weighted by atomic mass is 16.5. The molecule has 2 N–H and O–H groups in total. The van der Waals surface area contributed by atoms with Crippen molar-refractivity contribution < 1.29 is 23.9 Å². The first-order valence-corrected chi connectivity index (χ1v) is 24.9. The summed E-state index contributed by atoms with van der Waals surface area (Å²) in [5, 5.41) is 11.1. The summed E-state index contributed by atoms with van der Waals surface area (Å²) in [6.07, 6.45) is 17.2. The largest absolute Gasteiger partial charge is 0.489 e. The van der Waals surface area contributed by atoms with Crippen LogP contribution in [0.4, 0.5) is 11.4 Å². The van der Waals surface area contributed by atoms with Gasteiger partial charge in [-0.1, -0.05) is 69.2 Å². The summed E-state index contributed by atoms with van der Waals surface area (Å²) in [4.78, 5) is 57.0. The van der Waals surface area contributed by atoms with Crippen LogP contribution in [-0.2, 0) is 27.3 Å². The normalized spacial score (nSPS) is 24.6. The molecule has 1 unspecified atom stereocenters. The van der Waals surface area contributed by atoms with Gasteiger partial charge >= 0.3 is 0 Å². The molecular formula is C55H69N7O5. The summed E-state index contributed by atoms with van der Waals surface area (Å²) >= 11 is 0. The highest BCUT2D eigenvalue weighted by Gasteiger charge is 2.45. The minimum Gasteiger partial charge on any atom is -0.489 e. The molecule has 3 saturated heterocycles. The second-order valence-electron chi connectivity index (χ2n) is 20.5. The number of anilines is 2. The number of rotatable bonds is 11. The van der Waals surface area contributed by atoms with Crippen LogP contribution in [0.1, 0.15) is 131 Å². The molecule has 4 atom stereocenters. The zero-order chi connectivity index (χ0) is 47.0. The van der Waals surface area contributed by atoms with Crippen molar-refractivity contribution in [2.75, 3.05) is 55.7 Å². The molecule has 0 spiro atoms. The van der Waals surface area contributed by atoms with Crippen LogP contribution in [-0.4, -0.2) is 101 Å². The molecule has 1 aliphatic carbocycles. The fourth-order valence-corrected chi connectivity index (χ4v) is 12.6. The van der Waals surface area contributed by atoms with Gasteiger partial charge in [-0.2, -0.15) is 5.10 Å². The second kappa shape index (κ2) is 19.1. The Labute approximate surface area is 396 Å². The topological polar surface area (TPSA) is 131 Å². The van der Waals surface area contributed by atoms with Gasteiger partial charge in [0.05, 0.1) is 29.5 Å². The van der Waals surface area contributed by atoms with Gasteiger partial charge in [0, 0.05) is 68.2 Å². The van der Waals surface area contributed by atoms with Gasteiger partial charge < -0.3 is 19.4 Å². The Hall–Kier alpha value is -5.75. The Morgan fingerprint density at radius 3 is 2.43 bits per heavy atom. The number of aromatic nitrogens is 2. The van der Waals surface area contributed by atoms with Crippen molar-refractivity contribution in [3.8, 4) is 5.75 Å². The fourth-order valence-electron chi connectivity index (χ4n) is 12.6. The summed E-state index contributed by atoms with van der Waals surface area (Å²) in [7, 11) is 0. The summed E-state index contributed by atoms with van der Waals surface area (Å²) < 4.78 is 6.09. The molecule has 3 aromatic carbocycles. The standard InChI is InChI=1S/C33H43N3.C22H26N4O5/c1-5-8-24(4)27-13-14-28-29(15-16-31-30(28)23-34-35-31)32(27)25-9-11-26(12-10-25)36-21-19-33(17-6-2,18-7-3)20-22-36;1-13(27)9-24-5-6-26-17-7-14-10-25(16-3-4-19(28)23-20(16)29)21(30)15(14)8-18(17)31-12-22(26,2)11-24/h5,8-12,15-16,23,27,32H,4,6-7,13-14,17-22H2,1-3H3,(H,34,35);7-8,16H,3-6,9-12H2,1-2H3,(H,23,28,29)/b8-5-;/t27-,32+;16?,22-/m00/s1. The molecule has 0 saturated carbocycles. The predicted molar refractivity (Wildman–Crippen MR) is 265 cm³/mol. The fraction of sp³-hybridized carbons (Fsp3) is 0.509. The number of aromatic amines is 1. The van der Waals surface area contributed by atoms with Crippen LogP contribution >= 0.6 is 0 Å². The monoisotopic (exact) mass is 908 g/mol. The number of fused-ring (bicyclic) bond motifs is 7. The average molecular weight is 908 g/mol. The lowest BCUT2D eigenvalue weighted by molar-refractivity contribution is -0.137. The number of imide groups is 1. The molecule has 5 aliphatic heterocycles. The van der Waals surface area contributed by atoms with E-state index in [1.807, 2.05) is 12.3 Å². The van der Waals surface area contributed by atoms with Crippen LogP contribution in [0.25, 0.3) is 10.9 Å². The predicted octanol–water partition coefficient (Wildman–Crippen LogP) is 8.89. The number of Topliss-reactive ketones (excluding diaryl/α,β-unsaturated/α-hetero) is 1. The summed E-state index contributed by atoms with van der Waals surface area (Å²) in [6.45, 7) is 20.9. The summed E-state index contributed by atoms with van der Waals surface area (Å²) in [5.41, 5.74) is 10.8. The number of amides is 3. The van der Waals surface area contributed by atoms with Gasteiger partial charge in [0.2, 0.25) is 11.8 Å². The number of hydrogen-bond acceptors (Lipinski definition) is 9. The number of nitrogens with one attached hydrogen (secondary N) is 2. The van der Waals surface area contributed by atoms with Crippen molar-refractivity contribution in [2.24, 2.45) is 11.3 Å². The van der Waals surface area contributed by atoms with E-state index in [4.69, 9.17) is 4.74 Å². The third-order valence-electron chi connectivity index (χ3n) is 15.8. The van der Waals surface area contributed by atoms with Gasteiger partial charge in [0.1, 0.15) is 24.2 Å². The van der Waals surface area contributed by atoms with E-state index in [9.17, 15) is 19.2 Å². The van der Waals surface area contributed by atoms with Crippen LogP contribution < -0.4 is 19.9 Å². The zero-order valence-corrected chi connectivity index (χ0v) is 40.3. The molecule has 4 aromatic rings. The number of allylic oxidation sites excluding steroid dienone is 3. The quantitative estimate of drug-likeness (QED) is 0.112. The number of piperidine rings is 2. The van der Waals surface area contributed by atoms with Crippen molar-refractivity contribution in [3.63, 3.8) is 0 Å². The summed E-state index contributed by atoms with van der Waals surface area (Å²) in [6, 6.07) is 17.2. The molecule has 6 aliphatic rings. The van der Waals surface area contributed by atoms with Crippen molar-refractivity contribution in [1.29, 1.82) is 0 Å². The van der Waals surface area contributed by atoms with E-state index in [0.717, 1.165) is 49.2 Å². The Bertz CT molecular complexity index is 2560. The van der Waals surface area contributed by atoms with Crippen LogP contribution in [0, 0.1) is 11.3 Å². The highest BCUT2D eigenvalue weighted by Crippen LogP contribution is 2.48. The van der Waals surface area contributed by atoms with Crippen LogP contribution in [0.3, 0.4) is 0 Å². The molecule has 1 aromatic heterocycles. The number of hydrogen-bond donors (Lipinski definition) is 2. The van der Waals surface area contributed by atoms with E-state index in [1.165, 1.54) is 85.0 Å².